The Bertz CT molecular complexity index is 1030. The number of carbonyl (C=O) groups excluding carboxylic acids is 2. The van der Waals surface area contributed by atoms with Gasteiger partial charge in [-0.15, -0.1) is 0 Å². The summed E-state index contributed by atoms with van der Waals surface area (Å²) < 4.78 is 5.47. The van der Waals surface area contributed by atoms with Crippen molar-refractivity contribution in [2.45, 2.75) is 27.7 Å². The first kappa shape index (κ1) is 19.4. The van der Waals surface area contributed by atoms with Crippen molar-refractivity contribution in [3.8, 4) is 0 Å². The highest BCUT2D eigenvalue weighted by Crippen LogP contribution is 2.37. The molecule has 2 aliphatic heterocycles. The molecule has 0 spiro atoms. The first-order valence-corrected chi connectivity index (χ1v) is 9.99. The van der Waals surface area contributed by atoms with E-state index < -0.39 is 0 Å². The van der Waals surface area contributed by atoms with Gasteiger partial charge >= 0.3 is 0 Å². The van der Waals surface area contributed by atoms with Crippen molar-refractivity contribution < 1.29 is 14.3 Å². The summed E-state index contributed by atoms with van der Waals surface area (Å²) in [6, 6.07) is 11.8. The molecule has 1 fully saturated rings. The summed E-state index contributed by atoms with van der Waals surface area (Å²) in [7, 11) is 0. The van der Waals surface area contributed by atoms with Crippen molar-refractivity contribution in [2.24, 2.45) is 0 Å². The molecule has 29 heavy (non-hydrogen) atoms. The molecule has 0 radical (unpaired) electrons. The lowest BCUT2D eigenvalue weighted by atomic mass is 9.99. The fraction of sp³-hybridized carbons (Fsp3) is 0.333. The Labute approximate surface area is 171 Å². The minimum absolute atomic E-state index is 0.251. The lowest BCUT2D eigenvalue weighted by Gasteiger charge is -2.29. The number of benzene rings is 2. The van der Waals surface area contributed by atoms with Gasteiger partial charge in [-0.1, -0.05) is 30.3 Å². The largest absolute Gasteiger partial charge is 0.378 e. The normalized spacial score (nSPS) is 17.5. The first-order chi connectivity index (χ1) is 13.9. The minimum atomic E-state index is -0.256. The molecule has 2 aliphatic rings. The summed E-state index contributed by atoms with van der Waals surface area (Å²) in [4.78, 5) is 30.5. The second-order valence-corrected chi connectivity index (χ2v) is 7.86. The molecular formula is C24H26N2O3. The maximum atomic E-state index is 13.6. The highest BCUT2D eigenvalue weighted by atomic mass is 16.5. The Balaban J connectivity index is 1.87. The Kier molecular flexibility index (Phi) is 5.01. The molecule has 2 amide bonds. The Morgan fingerprint density at radius 1 is 0.793 bits per heavy atom. The van der Waals surface area contributed by atoms with Crippen molar-refractivity contribution in [2.75, 3.05) is 31.2 Å². The van der Waals surface area contributed by atoms with Gasteiger partial charge in [0.2, 0.25) is 0 Å². The number of hydrogen-bond acceptors (Lipinski definition) is 4. The van der Waals surface area contributed by atoms with Crippen LogP contribution in [0.15, 0.2) is 42.1 Å². The molecule has 150 valence electrons. The molecule has 5 heteroatoms. The summed E-state index contributed by atoms with van der Waals surface area (Å²) in [6.07, 6.45) is 0. The van der Waals surface area contributed by atoms with Gasteiger partial charge in [0.05, 0.1) is 24.5 Å². The molecule has 0 unspecified atom stereocenters. The molecular weight excluding hydrogens is 364 g/mol. The molecule has 2 heterocycles. The molecule has 2 aromatic carbocycles. The van der Waals surface area contributed by atoms with Crippen LogP contribution >= 0.6 is 0 Å². The van der Waals surface area contributed by atoms with Crippen LogP contribution in [0, 0.1) is 27.7 Å². The van der Waals surface area contributed by atoms with Gasteiger partial charge in [-0.2, -0.15) is 0 Å². The number of morpholine rings is 1. The Morgan fingerprint density at radius 3 is 2.17 bits per heavy atom. The number of rotatable bonds is 3. The van der Waals surface area contributed by atoms with E-state index in [1.54, 1.807) is 0 Å². The van der Waals surface area contributed by atoms with E-state index in [1.807, 2.05) is 69.0 Å². The van der Waals surface area contributed by atoms with Crippen LogP contribution < -0.4 is 4.90 Å². The summed E-state index contributed by atoms with van der Waals surface area (Å²) in [5.74, 6) is -0.507. The Hall–Kier alpha value is -2.92. The van der Waals surface area contributed by atoms with Crippen LogP contribution in [0.3, 0.4) is 0 Å². The second-order valence-electron chi connectivity index (χ2n) is 7.86. The summed E-state index contributed by atoms with van der Waals surface area (Å²) in [5.41, 5.74) is 6.60. The number of ether oxygens (including phenoxy) is 1. The maximum absolute atomic E-state index is 13.6. The minimum Gasteiger partial charge on any atom is -0.378 e. The average molecular weight is 390 g/mol. The molecule has 2 aromatic rings. The van der Waals surface area contributed by atoms with E-state index in [0.717, 1.165) is 27.8 Å². The molecule has 0 N–H and O–H groups in total. The average Bonchev–Trinajstić information content (AvgIpc) is 2.97. The second kappa shape index (κ2) is 7.48. The van der Waals surface area contributed by atoms with Crippen molar-refractivity contribution >= 4 is 23.1 Å². The molecule has 0 atom stereocenters. The number of imide groups is 1. The molecule has 0 bridgehead atoms. The van der Waals surface area contributed by atoms with Gasteiger partial charge in [-0.3, -0.25) is 9.59 Å². The topological polar surface area (TPSA) is 49.9 Å². The molecule has 0 aliphatic carbocycles. The number of hydrogen-bond donors (Lipinski definition) is 0. The lowest BCUT2D eigenvalue weighted by molar-refractivity contribution is -0.121. The van der Waals surface area contributed by atoms with E-state index in [9.17, 15) is 9.59 Å². The van der Waals surface area contributed by atoms with E-state index in [1.165, 1.54) is 4.90 Å². The number of nitrogens with zero attached hydrogens (tertiary/aromatic N) is 2. The van der Waals surface area contributed by atoms with E-state index in [-0.39, 0.29) is 11.8 Å². The van der Waals surface area contributed by atoms with Crippen LogP contribution in [0.2, 0.25) is 0 Å². The molecule has 1 saturated heterocycles. The van der Waals surface area contributed by atoms with Gasteiger partial charge in [0.1, 0.15) is 5.70 Å². The van der Waals surface area contributed by atoms with Crippen molar-refractivity contribution in [3.63, 3.8) is 0 Å². The van der Waals surface area contributed by atoms with Crippen LogP contribution in [0.25, 0.3) is 5.57 Å². The van der Waals surface area contributed by atoms with Crippen molar-refractivity contribution in [1.82, 2.24) is 4.90 Å². The zero-order chi connectivity index (χ0) is 20.7. The maximum Gasteiger partial charge on any atom is 0.282 e. The number of anilines is 1. The monoisotopic (exact) mass is 390 g/mol. The fourth-order valence-electron chi connectivity index (χ4n) is 3.93. The predicted molar refractivity (Wildman–Crippen MR) is 114 cm³/mol. The highest BCUT2D eigenvalue weighted by Gasteiger charge is 2.43. The molecule has 4 rings (SSSR count). The van der Waals surface area contributed by atoms with E-state index in [0.29, 0.717) is 43.3 Å². The number of aryl methyl sites for hydroxylation is 4. The van der Waals surface area contributed by atoms with E-state index >= 15 is 0 Å². The highest BCUT2D eigenvalue weighted by molar-refractivity contribution is 6.45. The summed E-state index contributed by atoms with van der Waals surface area (Å²) in [5, 5.41) is 0. The number of amides is 2. The zero-order valence-corrected chi connectivity index (χ0v) is 17.4. The molecule has 0 saturated carbocycles. The van der Waals surface area contributed by atoms with Gasteiger partial charge in [0.15, 0.2) is 0 Å². The van der Waals surface area contributed by atoms with E-state index in [2.05, 4.69) is 0 Å². The van der Waals surface area contributed by atoms with Crippen LogP contribution in [0.4, 0.5) is 5.69 Å². The molecule has 0 aromatic heterocycles. The Morgan fingerprint density at radius 2 is 1.48 bits per heavy atom. The van der Waals surface area contributed by atoms with Gasteiger partial charge in [-0.25, -0.2) is 4.90 Å². The van der Waals surface area contributed by atoms with Crippen LogP contribution in [-0.2, 0) is 14.3 Å². The van der Waals surface area contributed by atoms with Crippen LogP contribution in [0.5, 0.6) is 0 Å². The zero-order valence-electron chi connectivity index (χ0n) is 17.4. The summed E-state index contributed by atoms with van der Waals surface area (Å²) in [6.45, 7) is 10.3. The van der Waals surface area contributed by atoms with Gasteiger partial charge < -0.3 is 9.64 Å². The van der Waals surface area contributed by atoms with Crippen molar-refractivity contribution in [3.05, 3.63) is 69.9 Å². The standard InChI is InChI=1S/C24H26N2O3/c1-15-5-6-17(3)20(13-15)26-23(27)21(19-8-7-16(2)18(4)14-19)22(24(26)28)25-9-11-29-12-10-25/h5-8,13-14H,9-12H2,1-4H3. The fourth-order valence-corrected chi connectivity index (χ4v) is 3.93. The summed E-state index contributed by atoms with van der Waals surface area (Å²) >= 11 is 0. The molecule has 5 nitrogen and oxygen atoms in total. The van der Waals surface area contributed by atoms with Gasteiger partial charge in [0, 0.05) is 13.1 Å². The third-order valence-corrected chi connectivity index (χ3v) is 5.79. The number of carbonyl (C=O) groups is 2. The quantitative estimate of drug-likeness (QED) is 0.753. The third-order valence-electron chi connectivity index (χ3n) is 5.79. The van der Waals surface area contributed by atoms with E-state index in [4.69, 9.17) is 4.74 Å². The van der Waals surface area contributed by atoms with Crippen LogP contribution in [-0.4, -0.2) is 43.0 Å². The SMILES string of the molecule is Cc1ccc(C)c(N2C(=O)C(c3ccc(C)c(C)c3)=C(N3CCOCC3)C2=O)c1. The predicted octanol–water partition coefficient (Wildman–Crippen LogP) is 3.54. The third kappa shape index (κ3) is 3.36. The van der Waals surface area contributed by atoms with Crippen LogP contribution in [0.1, 0.15) is 27.8 Å². The van der Waals surface area contributed by atoms with Gasteiger partial charge in [-0.05, 0) is 61.6 Å². The smallest absolute Gasteiger partial charge is 0.282 e. The first-order valence-electron chi connectivity index (χ1n) is 9.99. The lowest BCUT2D eigenvalue weighted by Crippen LogP contribution is -2.40. The van der Waals surface area contributed by atoms with Gasteiger partial charge in [0.25, 0.3) is 11.8 Å². The van der Waals surface area contributed by atoms with Crippen molar-refractivity contribution in [1.29, 1.82) is 0 Å².